The van der Waals surface area contributed by atoms with Gasteiger partial charge in [0.05, 0.1) is 22.7 Å². The Morgan fingerprint density at radius 1 is 1.10 bits per heavy atom. The molecule has 1 spiro atoms. The van der Waals surface area contributed by atoms with E-state index in [0.29, 0.717) is 34.7 Å². The first-order valence-corrected chi connectivity index (χ1v) is 18.4. The number of halogens is 2. The molecular weight excluding hydrogens is 565 g/mol. The SMILES string of the molecule is CC[Si](CC)(CC)O[C@@H]1CN(CCCCN(CC(OC)OC)C(=O)[C@H](C)Nc2ccc(Cl)c(Cl)c2)CCC12CC2. The van der Waals surface area contributed by atoms with Gasteiger partial charge in [0.2, 0.25) is 5.91 Å². The summed E-state index contributed by atoms with van der Waals surface area (Å²) in [7, 11) is 1.57. The van der Waals surface area contributed by atoms with E-state index in [-0.39, 0.29) is 5.91 Å². The third-order valence-corrected chi connectivity index (χ3v) is 14.7. The van der Waals surface area contributed by atoms with E-state index in [4.69, 9.17) is 37.1 Å². The van der Waals surface area contributed by atoms with Gasteiger partial charge in [-0.05, 0) is 93.9 Å². The lowest BCUT2D eigenvalue weighted by Gasteiger charge is -2.44. The Labute approximate surface area is 253 Å². The van der Waals surface area contributed by atoms with Gasteiger partial charge in [0, 0.05) is 33.0 Å². The predicted octanol–water partition coefficient (Wildman–Crippen LogP) is 6.90. The number of ether oxygens (including phenoxy) is 2. The van der Waals surface area contributed by atoms with Crippen molar-refractivity contribution in [1.29, 1.82) is 0 Å². The van der Waals surface area contributed by atoms with Crippen LogP contribution in [-0.4, -0.2) is 89.4 Å². The Bertz CT molecular complexity index is 935. The molecule has 0 unspecified atom stereocenters. The van der Waals surface area contributed by atoms with Gasteiger partial charge in [-0.3, -0.25) is 4.79 Å². The number of anilines is 1. The van der Waals surface area contributed by atoms with Crippen molar-refractivity contribution in [1.82, 2.24) is 9.80 Å². The van der Waals surface area contributed by atoms with E-state index in [9.17, 15) is 4.79 Å². The monoisotopic (exact) mass is 615 g/mol. The number of methoxy groups -OCH3 is 2. The second-order valence-corrected chi connectivity index (χ2v) is 17.2. The van der Waals surface area contributed by atoms with Gasteiger partial charge < -0.3 is 29.0 Å². The van der Waals surface area contributed by atoms with Gasteiger partial charge in [-0.15, -0.1) is 0 Å². The third-order valence-electron chi connectivity index (χ3n) is 9.28. The second kappa shape index (κ2) is 15.6. The van der Waals surface area contributed by atoms with Crippen LogP contribution >= 0.6 is 23.2 Å². The number of unbranched alkanes of at least 4 members (excludes halogenated alkanes) is 1. The molecule has 2 fully saturated rings. The van der Waals surface area contributed by atoms with Crippen LogP contribution in [0.1, 0.15) is 59.8 Å². The van der Waals surface area contributed by atoms with E-state index >= 15 is 0 Å². The Kier molecular flexibility index (Phi) is 13.1. The van der Waals surface area contributed by atoms with Crippen LogP contribution < -0.4 is 5.32 Å². The quantitative estimate of drug-likeness (QED) is 0.117. The van der Waals surface area contributed by atoms with Crippen molar-refractivity contribution in [2.45, 2.75) is 96.4 Å². The molecule has 2 atom stereocenters. The van der Waals surface area contributed by atoms with E-state index in [1.807, 2.05) is 17.9 Å². The van der Waals surface area contributed by atoms with Gasteiger partial charge in [0.25, 0.3) is 0 Å². The number of amides is 1. The summed E-state index contributed by atoms with van der Waals surface area (Å²) in [6, 6.07) is 8.46. The molecule has 1 saturated heterocycles. The molecule has 3 rings (SSSR count). The van der Waals surface area contributed by atoms with Gasteiger partial charge in [-0.1, -0.05) is 44.0 Å². The standard InChI is InChI=1S/C30H51Cl2N3O4Si/c1-7-40(8-2,9-3)39-27-21-34(19-16-30(27)14-15-30)17-10-11-18-35(22-28(37-5)38-6)29(36)23(4)33-24-12-13-25(31)26(32)20-24/h12-13,20,23,27-28,33H,7-11,14-19,21-22H2,1-6H3/t23-,27+/m0/s1. The summed E-state index contributed by atoms with van der Waals surface area (Å²) in [6.07, 6.45) is 5.78. The van der Waals surface area contributed by atoms with E-state index in [0.717, 1.165) is 38.2 Å². The average molecular weight is 617 g/mol. The van der Waals surface area contributed by atoms with Gasteiger partial charge in [-0.2, -0.15) is 0 Å². The fraction of sp³-hybridized carbons (Fsp3) is 0.767. The maximum atomic E-state index is 13.5. The van der Waals surface area contributed by atoms with E-state index in [1.165, 1.54) is 37.4 Å². The molecule has 0 bridgehead atoms. The van der Waals surface area contributed by atoms with Crippen molar-refractivity contribution >= 4 is 43.1 Å². The van der Waals surface area contributed by atoms with Crippen LogP contribution in [0.4, 0.5) is 5.69 Å². The highest BCUT2D eigenvalue weighted by Crippen LogP contribution is 2.55. The van der Waals surface area contributed by atoms with E-state index in [1.54, 1.807) is 26.4 Å². The van der Waals surface area contributed by atoms with Crippen LogP contribution in [0, 0.1) is 5.41 Å². The van der Waals surface area contributed by atoms with Crippen LogP contribution in [0.5, 0.6) is 0 Å². The minimum Gasteiger partial charge on any atom is -0.412 e. The number of carbonyl (C=O) groups excluding carboxylic acids is 1. The number of nitrogens with zero attached hydrogens (tertiary/aromatic N) is 2. The highest BCUT2D eigenvalue weighted by Gasteiger charge is 2.54. The molecule has 1 saturated carbocycles. The molecule has 0 radical (unpaired) electrons. The van der Waals surface area contributed by atoms with Gasteiger partial charge in [0.1, 0.15) is 6.04 Å². The molecule has 7 nitrogen and oxygen atoms in total. The van der Waals surface area contributed by atoms with Gasteiger partial charge >= 0.3 is 0 Å². The zero-order valence-electron chi connectivity index (χ0n) is 25.4. The average Bonchev–Trinajstić information content (AvgIpc) is 3.75. The summed E-state index contributed by atoms with van der Waals surface area (Å²) in [4.78, 5) is 17.9. The number of piperidine rings is 1. The van der Waals surface area contributed by atoms with Crippen molar-refractivity contribution in [2.75, 3.05) is 52.3 Å². The predicted molar refractivity (Wildman–Crippen MR) is 168 cm³/mol. The molecule has 1 heterocycles. The Balaban J connectivity index is 1.54. The Hall–Kier alpha value is -0.873. The number of rotatable bonds is 17. The first-order chi connectivity index (χ1) is 19.1. The molecule has 40 heavy (non-hydrogen) atoms. The summed E-state index contributed by atoms with van der Waals surface area (Å²) in [5.74, 6) is -0.00715. The van der Waals surface area contributed by atoms with E-state index < -0.39 is 20.6 Å². The molecule has 228 valence electrons. The first kappa shape index (κ1) is 33.6. The van der Waals surface area contributed by atoms with Crippen LogP contribution in [0.25, 0.3) is 0 Å². The summed E-state index contributed by atoms with van der Waals surface area (Å²) in [5, 5.41) is 4.19. The number of hydrogen-bond acceptors (Lipinski definition) is 6. The molecule has 1 aromatic carbocycles. The largest absolute Gasteiger partial charge is 0.412 e. The summed E-state index contributed by atoms with van der Waals surface area (Å²) in [5.41, 5.74) is 1.20. The molecule has 1 aromatic rings. The fourth-order valence-electron chi connectivity index (χ4n) is 5.99. The van der Waals surface area contributed by atoms with Crippen molar-refractivity contribution in [2.24, 2.45) is 5.41 Å². The zero-order chi connectivity index (χ0) is 29.3. The summed E-state index contributed by atoms with van der Waals surface area (Å²) < 4.78 is 17.9. The zero-order valence-corrected chi connectivity index (χ0v) is 28.0. The smallest absolute Gasteiger partial charge is 0.244 e. The van der Waals surface area contributed by atoms with Crippen molar-refractivity contribution in [3.05, 3.63) is 28.2 Å². The normalized spacial score (nSPS) is 19.7. The minimum atomic E-state index is -1.63. The highest BCUT2D eigenvalue weighted by molar-refractivity contribution is 6.73. The highest BCUT2D eigenvalue weighted by atomic mass is 35.5. The van der Waals surface area contributed by atoms with Crippen LogP contribution in [0.2, 0.25) is 28.2 Å². The van der Waals surface area contributed by atoms with Gasteiger partial charge in [-0.25, -0.2) is 0 Å². The Morgan fingerprint density at radius 3 is 2.35 bits per heavy atom. The van der Waals surface area contributed by atoms with Gasteiger partial charge in [0.15, 0.2) is 14.6 Å². The molecule has 1 N–H and O–H groups in total. The first-order valence-electron chi connectivity index (χ1n) is 15.1. The number of carbonyl (C=O) groups is 1. The second-order valence-electron chi connectivity index (χ2n) is 11.7. The molecule has 0 aromatic heterocycles. The number of hydrogen-bond donors (Lipinski definition) is 1. The van der Waals surface area contributed by atoms with Crippen LogP contribution in [-0.2, 0) is 18.7 Å². The molecule has 2 aliphatic rings. The molecule has 1 aliphatic carbocycles. The molecular formula is C30H51Cl2N3O4Si. The van der Waals surface area contributed by atoms with Crippen LogP contribution in [0.3, 0.4) is 0 Å². The summed E-state index contributed by atoms with van der Waals surface area (Å²) >= 11 is 12.2. The van der Waals surface area contributed by atoms with Crippen molar-refractivity contribution in [3.8, 4) is 0 Å². The topological polar surface area (TPSA) is 63.3 Å². The Morgan fingerprint density at radius 2 is 1.77 bits per heavy atom. The lowest BCUT2D eigenvalue weighted by molar-refractivity contribution is -0.146. The maximum absolute atomic E-state index is 13.5. The van der Waals surface area contributed by atoms with Crippen LogP contribution in [0.15, 0.2) is 18.2 Å². The number of likely N-dealkylation sites (tertiary alicyclic amines) is 1. The lowest BCUT2D eigenvalue weighted by atomic mass is 9.90. The number of nitrogens with one attached hydrogen (secondary N) is 1. The third kappa shape index (κ3) is 8.82. The molecule has 1 amide bonds. The van der Waals surface area contributed by atoms with Crippen molar-refractivity contribution in [3.63, 3.8) is 0 Å². The molecule has 1 aliphatic heterocycles. The number of benzene rings is 1. The minimum absolute atomic E-state index is 0.00715. The van der Waals surface area contributed by atoms with Crippen molar-refractivity contribution < 1.29 is 18.7 Å². The maximum Gasteiger partial charge on any atom is 0.244 e. The summed E-state index contributed by atoms with van der Waals surface area (Å²) in [6.45, 7) is 13.1. The lowest BCUT2D eigenvalue weighted by Crippen LogP contribution is -2.52. The fourth-order valence-corrected chi connectivity index (χ4v) is 9.21. The van der Waals surface area contributed by atoms with E-state index in [2.05, 4.69) is 31.0 Å². The molecule has 10 heteroatoms.